The van der Waals surface area contributed by atoms with Crippen LogP contribution in [-0.4, -0.2) is 23.3 Å². The van der Waals surface area contributed by atoms with Crippen molar-refractivity contribution < 1.29 is 14.3 Å². The molecule has 5 aliphatic rings. The summed E-state index contributed by atoms with van der Waals surface area (Å²) in [6.45, 7) is 6.35. The number of epoxide rings is 1. The fourth-order valence-electron chi connectivity index (χ4n) is 7.13. The van der Waals surface area contributed by atoms with E-state index in [9.17, 15) is 9.59 Å². The van der Waals surface area contributed by atoms with Gasteiger partial charge in [0.25, 0.3) is 0 Å². The van der Waals surface area contributed by atoms with Gasteiger partial charge in [-0.25, -0.2) is 0 Å². The maximum absolute atomic E-state index is 12.2. The Labute approximate surface area is 143 Å². The minimum Gasteiger partial charge on any atom is -0.365 e. The third kappa shape index (κ3) is 1.49. The summed E-state index contributed by atoms with van der Waals surface area (Å²) < 4.78 is 6.52. The van der Waals surface area contributed by atoms with Crippen molar-refractivity contribution in [3.8, 4) is 0 Å². The molecule has 24 heavy (non-hydrogen) atoms. The van der Waals surface area contributed by atoms with Gasteiger partial charge in [0.15, 0.2) is 11.6 Å². The van der Waals surface area contributed by atoms with Crippen molar-refractivity contribution in [1.29, 1.82) is 0 Å². The summed E-state index contributed by atoms with van der Waals surface area (Å²) in [6, 6.07) is 0. The van der Waals surface area contributed by atoms with Crippen molar-refractivity contribution in [3.05, 3.63) is 23.3 Å². The van der Waals surface area contributed by atoms with Gasteiger partial charge in [0.2, 0.25) is 0 Å². The van der Waals surface area contributed by atoms with Crippen LogP contribution in [0.15, 0.2) is 23.3 Å². The smallest absolute Gasteiger partial charge is 0.156 e. The van der Waals surface area contributed by atoms with Gasteiger partial charge in [-0.3, -0.25) is 9.59 Å². The lowest BCUT2D eigenvalue weighted by atomic mass is 9.46. The molecule has 1 aliphatic heterocycles. The van der Waals surface area contributed by atoms with Crippen LogP contribution in [-0.2, 0) is 14.3 Å². The highest BCUT2D eigenvalue weighted by Crippen LogP contribution is 2.75. The third-order valence-electron chi connectivity index (χ3n) is 8.30. The Morgan fingerprint density at radius 3 is 2.79 bits per heavy atom. The molecule has 0 aromatic rings. The van der Waals surface area contributed by atoms with Gasteiger partial charge >= 0.3 is 0 Å². The van der Waals surface area contributed by atoms with Crippen LogP contribution in [0.3, 0.4) is 0 Å². The number of ether oxygens (including phenoxy) is 1. The normalized spacial score (nSPS) is 51.6. The van der Waals surface area contributed by atoms with E-state index in [4.69, 9.17) is 4.74 Å². The van der Waals surface area contributed by atoms with Crippen LogP contribution >= 0.6 is 0 Å². The molecule has 0 radical (unpaired) electrons. The van der Waals surface area contributed by atoms with E-state index in [1.165, 1.54) is 5.57 Å². The average Bonchev–Trinajstić information content (AvgIpc) is 3.12. The van der Waals surface area contributed by atoms with Crippen molar-refractivity contribution in [2.45, 2.75) is 71.0 Å². The van der Waals surface area contributed by atoms with E-state index >= 15 is 0 Å². The van der Waals surface area contributed by atoms with E-state index in [0.717, 1.165) is 37.7 Å². The molecule has 5 rings (SSSR count). The van der Waals surface area contributed by atoms with Crippen molar-refractivity contribution in [3.63, 3.8) is 0 Å². The predicted octanol–water partition coefficient (Wildman–Crippen LogP) is 3.77. The lowest BCUT2D eigenvalue weighted by molar-refractivity contribution is -0.118. The van der Waals surface area contributed by atoms with E-state index in [1.54, 1.807) is 6.92 Å². The van der Waals surface area contributed by atoms with Crippen LogP contribution in [0, 0.1) is 22.7 Å². The van der Waals surface area contributed by atoms with Gasteiger partial charge in [-0.15, -0.1) is 0 Å². The fraction of sp³-hybridized carbons (Fsp3) is 0.714. The van der Waals surface area contributed by atoms with Gasteiger partial charge in [0, 0.05) is 17.3 Å². The van der Waals surface area contributed by atoms with Gasteiger partial charge < -0.3 is 4.74 Å². The zero-order valence-electron chi connectivity index (χ0n) is 14.9. The number of Topliss-reactive ketones (excluding diaryl/α,β-unsaturated/α-hetero) is 1. The second-order valence-electron chi connectivity index (χ2n) is 9.15. The number of carbonyl (C=O) groups is 2. The number of carbonyl (C=O) groups excluding carboxylic acids is 2. The molecule has 2 saturated carbocycles. The second kappa shape index (κ2) is 4.30. The quantitative estimate of drug-likeness (QED) is 0.689. The molecule has 1 heterocycles. The largest absolute Gasteiger partial charge is 0.365 e. The number of allylic oxidation sites excluding steroid dienone is 3. The summed E-state index contributed by atoms with van der Waals surface area (Å²) >= 11 is 0. The van der Waals surface area contributed by atoms with Crippen LogP contribution in [0.1, 0.15) is 59.3 Å². The summed E-state index contributed by atoms with van der Waals surface area (Å²) in [5.41, 5.74) is 2.32. The average molecular weight is 326 g/mol. The molecule has 0 bridgehead atoms. The second-order valence-corrected chi connectivity index (χ2v) is 9.15. The van der Waals surface area contributed by atoms with Crippen LogP contribution in [0.5, 0.6) is 0 Å². The molecular weight excluding hydrogens is 300 g/mol. The number of hydrogen-bond acceptors (Lipinski definition) is 3. The van der Waals surface area contributed by atoms with Crippen LogP contribution in [0.25, 0.3) is 0 Å². The first-order chi connectivity index (χ1) is 11.3. The minimum absolute atomic E-state index is 0.0107. The summed E-state index contributed by atoms with van der Waals surface area (Å²) in [4.78, 5) is 24.1. The van der Waals surface area contributed by atoms with Gasteiger partial charge in [-0.1, -0.05) is 25.5 Å². The van der Waals surface area contributed by atoms with E-state index in [-0.39, 0.29) is 34.1 Å². The first-order valence-electron chi connectivity index (χ1n) is 9.46. The van der Waals surface area contributed by atoms with Crippen molar-refractivity contribution in [1.82, 2.24) is 0 Å². The summed E-state index contributed by atoms with van der Waals surface area (Å²) in [5.74, 6) is 1.56. The summed E-state index contributed by atoms with van der Waals surface area (Å²) in [6.07, 6.45) is 10.1. The van der Waals surface area contributed by atoms with E-state index in [1.807, 2.05) is 6.08 Å². The first-order valence-corrected chi connectivity index (χ1v) is 9.46. The highest BCUT2D eigenvalue weighted by atomic mass is 16.6. The monoisotopic (exact) mass is 326 g/mol. The summed E-state index contributed by atoms with van der Waals surface area (Å²) in [7, 11) is 0. The van der Waals surface area contributed by atoms with Crippen molar-refractivity contribution in [2.24, 2.45) is 22.7 Å². The zero-order valence-corrected chi connectivity index (χ0v) is 14.9. The molecule has 3 fully saturated rings. The number of rotatable bonds is 1. The number of ketones is 2. The Balaban J connectivity index is 1.58. The maximum atomic E-state index is 12.2. The van der Waals surface area contributed by atoms with Crippen LogP contribution in [0.4, 0.5) is 0 Å². The maximum Gasteiger partial charge on any atom is 0.156 e. The molecule has 0 aromatic carbocycles. The highest BCUT2D eigenvalue weighted by Gasteiger charge is 2.78. The van der Waals surface area contributed by atoms with Crippen molar-refractivity contribution in [2.75, 3.05) is 0 Å². The molecule has 1 unspecified atom stereocenters. The predicted molar refractivity (Wildman–Crippen MR) is 90.4 cm³/mol. The van der Waals surface area contributed by atoms with Crippen LogP contribution in [0.2, 0.25) is 0 Å². The molecule has 0 N–H and O–H groups in total. The summed E-state index contributed by atoms with van der Waals surface area (Å²) in [5, 5.41) is 0. The SMILES string of the molecule is CC(=O)C1=CC[C@H]2[C@@H]3CCC4=CC(=O)CC[C@]4(C)[C@]34OC4C[C@]12C. The minimum atomic E-state index is -0.0674. The molecule has 3 nitrogen and oxygen atoms in total. The molecule has 0 aromatic heterocycles. The topological polar surface area (TPSA) is 46.7 Å². The van der Waals surface area contributed by atoms with Gasteiger partial charge in [-0.05, 0) is 62.5 Å². The fourth-order valence-corrected chi connectivity index (χ4v) is 7.13. The molecule has 6 atom stereocenters. The molecule has 128 valence electrons. The molecule has 0 amide bonds. The van der Waals surface area contributed by atoms with Gasteiger partial charge in [0.1, 0.15) is 5.60 Å². The Hall–Kier alpha value is -1.22. The number of hydrogen-bond donors (Lipinski definition) is 0. The molecule has 4 aliphatic carbocycles. The highest BCUT2D eigenvalue weighted by molar-refractivity contribution is 5.95. The van der Waals surface area contributed by atoms with E-state index in [2.05, 4.69) is 19.9 Å². The van der Waals surface area contributed by atoms with Gasteiger partial charge in [-0.2, -0.15) is 0 Å². The first kappa shape index (κ1) is 15.1. The molecule has 1 saturated heterocycles. The zero-order chi connectivity index (χ0) is 16.9. The Morgan fingerprint density at radius 1 is 1.25 bits per heavy atom. The Morgan fingerprint density at radius 2 is 2.04 bits per heavy atom. The lowest BCUT2D eigenvalue weighted by Crippen LogP contribution is -2.57. The molecule has 1 spiro atoms. The third-order valence-corrected chi connectivity index (χ3v) is 8.30. The Kier molecular flexibility index (Phi) is 2.70. The van der Waals surface area contributed by atoms with E-state index < -0.39 is 0 Å². The molecule has 3 heteroatoms. The van der Waals surface area contributed by atoms with Crippen LogP contribution < -0.4 is 0 Å². The molecular formula is C21H26O3. The van der Waals surface area contributed by atoms with Crippen molar-refractivity contribution >= 4 is 11.6 Å². The Bertz CT molecular complexity index is 731. The lowest BCUT2D eigenvalue weighted by Gasteiger charge is -2.55. The van der Waals surface area contributed by atoms with Gasteiger partial charge in [0.05, 0.1) is 6.10 Å². The van der Waals surface area contributed by atoms with E-state index in [0.29, 0.717) is 18.3 Å². The standard InChI is InChI=1S/C21H26O3/c1-12(22)15-6-7-16-17-5-4-13-10-14(23)8-9-20(13,3)21(17)18(24-21)11-19(15,16)2/h6,10,16-18H,4-5,7-9,11H2,1-3H3/t16-,17-,18?,19+,20-,21-/m0/s1. The number of fused-ring (bicyclic) bond motifs is 3.